The predicted molar refractivity (Wildman–Crippen MR) is 68.0 cm³/mol. The van der Waals surface area contributed by atoms with Gasteiger partial charge in [0.2, 0.25) is 0 Å². The molecule has 0 aliphatic heterocycles. The van der Waals surface area contributed by atoms with Gasteiger partial charge in [0.15, 0.2) is 0 Å². The molecule has 4 heteroatoms. The summed E-state index contributed by atoms with van der Waals surface area (Å²) in [7, 11) is -1.06. The second-order valence-electron chi connectivity index (χ2n) is 3.65. The van der Waals surface area contributed by atoms with Crippen LogP contribution in [-0.4, -0.2) is 23.2 Å². The monoisotopic (exact) mass is 241 g/mol. The average Bonchev–Trinajstić information content (AvgIpc) is 2.28. The lowest BCUT2D eigenvalue weighted by molar-refractivity contribution is 0.150. The van der Waals surface area contributed by atoms with Gasteiger partial charge in [0.25, 0.3) is 0 Å². The molecule has 90 valence electrons. The van der Waals surface area contributed by atoms with E-state index in [0.29, 0.717) is 18.0 Å². The number of hydrogen-bond acceptors (Lipinski definition) is 3. The van der Waals surface area contributed by atoms with Gasteiger partial charge in [-0.25, -0.2) is 0 Å². The van der Waals surface area contributed by atoms with Crippen molar-refractivity contribution in [3.8, 4) is 0 Å². The van der Waals surface area contributed by atoms with Crippen molar-refractivity contribution in [2.24, 2.45) is 0 Å². The minimum Gasteiger partial charge on any atom is -0.398 e. The van der Waals surface area contributed by atoms with Crippen molar-refractivity contribution in [1.29, 1.82) is 0 Å². The number of para-hydroxylation sites is 1. The van der Waals surface area contributed by atoms with Crippen LogP contribution >= 0.6 is 0 Å². The van der Waals surface area contributed by atoms with E-state index in [4.69, 9.17) is 10.5 Å². The van der Waals surface area contributed by atoms with Crippen molar-refractivity contribution < 1.29 is 8.95 Å². The van der Waals surface area contributed by atoms with Gasteiger partial charge >= 0.3 is 0 Å². The Morgan fingerprint density at radius 1 is 1.38 bits per heavy atom. The van der Waals surface area contributed by atoms with E-state index < -0.39 is 10.8 Å². The number of nitrogen functional groups attached to an aromatic ring is 1. The Morgan fingerprint density at radius 3 is 2.81 bits per heavy atom. The first kappa shape index (κ1) is 13.2. The maximum atomic E-state index is 11.9. The van der Waals surface area contributed by atoms with Crippen LogP contribution in [0.5, 0.6) is 0 Å². The topological polar surface area (TPSA) is 52.3 Å². The lowest BCUT2D eigenvalue weighted by Gasteiger charge is -2.08. The van der Waals surface area contributed by atoms with Crippen molar-refractivity contribution in [1.82, 2.24) is 0 Å². The van der Waals surface area contributed by atoms with E-state index in [9.17, 15) is 4.21 Å². The third-order valence-electron chi connectivity index (χ3n) is 2.29. The molecule has 0 aliphatic rings. The summed E-state index contributed by atoms with van der Waals surface area (Å²) < 4.78 is 17.2. The third-order valence-corrected chi connectivity index (χ3v) is 3.67. The molecule has 0 heterocycles. The van der Waals surface area contributed by atoms with Crippen LogP contribution in [0.1, 0.15) is 18.9 Å². The molecule has 0 fully saturated rings. The molecule has 2 N–H and O–H groups in total. The zero-order valence-electron chi connectivity index (χ0n) is 9.86. The molecule has 0 aliphatic carbocycles. The Hall–Kier alpha value is -0.870. The van der Waals surface area contributed by atoms with Gasteiger partial charge < -0.3 is 10.5 Å². The fraction of sp³-hybridized carbons (Fsp3) is 0.500. The molecule has 0 saturated carbocycles. The second kappa shape index (κ2) is 6.66. The summed E-state index contributed by atoms with van der Waals surface area (Å²) in [6, 6.07) is 5.62. The molecule has 0 aromatic heterocycles. The van der Waals surface area contributed by atoms with Crippen LogP contribution < -0.4 is 5.73 Å². The van der Waals surface area contributed by atoms with E-state index in [1.165, 1.54) is 0 Å². The quantitative estimate of drug-likeness (QED) is 0.613. The van der Waals surface area contributed by atoms with Gasteiger partial charge in [0, 0.05) is 6.61 Å². The summed E-state index contributed by atoms with van der Waals surface area (Å²) in [5.74, 6) is 0.508. The number of benzene rings is 1. The molecule has 0 amide bonds. The van der Waals surface area contributed by atoms with E-state index in [2.05, 4.69) is 6.92 Å². The summed E-state index contributed by atoms with van der Waals surface area (Å²) in [6.07, 6.45) is 0.985. The van der Waals surface area contributed by atoms with Crippen LogP contribution in [0.4, 0.5) is 5.69 Å². The van der Waals surface area contributed by atoms with Crippen LogP contribution in [0.25, 0.3) is 0 Å². The molecule has 0 bridgehead atoms. The summed E-state index contributed by atoms with van der Waals surface area (Å²) in [6.45, 7) is 5.22. The first-order valence-corrected chi connectivity index (χ1v) is 6.80. The summed E-state index contributed by atoms with van der Waals surface area (Å²) >= 11 is 0. The van der Waals surface area contributed by atoms with E-state index in [1.807, 2.05) is 25.1 Å². The first-order chi connectivity index (χ1) is 7.66. The highest BCUT2D eigenvalue weighted by Crippen LogP contribution is 2.20. The molecule has 3 nitrogen and oxygen atoms in total. The number of ether oxygens (including phenoxy) is 1. The fourth-order valence-corrected chi connectivity index (χ4v) is 2.47. The van der Waals surface area contributed by atoms with Crippen molar-refractivity contribution in [3.63, 3.8) is 0 Å². The van der Waals surface area contributed by atoms with E-state index in [0.717, 1.165) is 23.5 Å². The Balaban J connectivity index is 2.56. The standard InChI is InChI=1S/C12H19NO2S/c1-3-7-15-8-9-16(14)11-6-4-5-10(2)12(11)13/h4-6H,3,7-9,13H2,1-2H3. The van der Waals surface area contributed by atoms with Crippen LogP contribution in [-0.2, 0) is 15.5 Å². The highest BCUT2D eigenvalue weighted by molar-refractivity contribution is 7.85. The van der Waals surface area contributed by atoms with E-state index >= 15 is 0 Å². The zero-order chi connectivity index (χ0) is 12.0. The van der Waals surface area contributed by atoms with Crippen LogP contribution in [0.3, 0.4) is 0 Å². The average molecular weight is 241 g/mol. The highest BCUT2D eigenvalue weighted by atomic mass is 32.2. The summed E-state index contributed by atoms with van der Waals surface area (Å²) in [5, 5.41) is 0. The third kappa shape index (κ3) is 3.61. The maximum Gasteiger partial charge on any atom is 0.0620 e. The minimum atomic E-state index is -1.06. The molecule has 0 saturated heterocycles. The van der Waals surface area contributed by atoms with Crippen LogP contribution in [0.15, 0.2) is 23.1 Å². The predicted octanol–water partition coefficient (Wildman–Crippen LogP) is 2.11. The van der Waals surface area contributed by atoms with Gasteiger partial charge in [0.05, 0.1) is 33.7 Å². The number of hydrogen-bond donors (Lipinski definition) is 1. The molecular formula is C12H19NO2S. The van der Waals surface area contributed by atoms with E-state index in [1.54, 1.807) is 0 Å². The lowest BCUT2D eigenvalue weighted by Crippen LogP contribution is -2.09. The SMILES string of the molecule is CCCOCCS(=O)c1cccc(C)c1N. The number of anilines is 1. The van der Waals surface area contributed by atoms with Gasteiger partial charge in [-0.3, -0.25) is 4.21 Å². The molecular weight excluding hydrogens is 222 g/mol. The van der Waals surface area contributed by atoms with Crippen molar-refractivity contribution >= 4 is 16.5 Å². The molecule has 0 radical (unpaired) electrons. The summed E-state index contributed by atoms with van der Waals surface area (Å²) in [5.41, 5.74) is 7.49. The maximum absolute atomic E-state index is 11.9. The van der Waals surface area contributed by atoms with Gasteiger partial charge in [0.1, 0.15) is 0 Å². The fourth-order valence-electron chi connectivity index (χ4n) is 1.34. The largest absolute Gasteiger partial charge is 0.398 e. The second-order valence-corrected chi connectivity index (χ2v) is 5.19. The minimum absolute atomic E-state index is 0.508. The smallest absolute Gasteiger partial charge is 0.0620 e. The Bertz CT molecular complexity index is 366. The Morgan fingerprint density at radius 2 is 2.12 bits per heavy atom. The van der Waals surface area contributed by atoms with Crippen molar-refractivity contribution in [2.45, 2.75) is 25.2 Å². The van der Waals surface area contributed by atoms with Crippen molar-refractivity contribution in [2.75, 3.05) is 24.7 Å². The lowest BCUT2D eigenvalue weighted by atomic mass is 10.2. The number of rotatable bonds is 6. The first-order valence-electron chi connectivity index (χ1n) is 5.48. The van der Waals surface area contributed by atoms with Crippen molar-refractivity contribution in [3.05, 3.63) is 23.8 Å². The molecule has 1 unspecified atom stereocenters. The number of nitrogens with two attached hydrogens (primary N) is 1. The van der Waals surface area contributed by atoms with Gasteiger partial charge in [-0.15, -0.1) is 0 Å². The molecule has 1 aromatic carbocycles. The summed E-state index contributed by atoms with van der Waals surface area (Å²) in [4.78, 5) is 0.722. The molecule has 0 spiro atoms. The van der Waals surface area contributed by atoms with Gasteiger partial charge in [-0.05, 0) is 25.0 Å². The van der Waals surface area contributed by atoms with Crippen LogP contribution in [0.2, 0.25) is 0 Å². The molecule has 1 aromatic rings. The Labute approximate surface area is 99.4 Å². The molecule has 16 heavy (non-hydrogen) atoms. The molecule has 1 rings (SSSR count). The number of aryl methyl sites for hydroxylation is 1. The van der Waals surface area contributed by atoms with Gasteiger partial charge in [-0.2, -0.15) is 0 Å². The van der Waals surface area contributed by atoms with E-state index in [-0.39, 0.29) is 0 Å². The molecule has 1 atom stereocenters. The highest BCUT2D eigenvalue weighted by Gasteiger charge is 2.08. The van der Waals surface area contributed by atoms with Crippen LogP contribution in [0, 0.1) is 6.92 Å². The zero-order valence-corrected chi connectivity index (χ0v) is 10.7. The normalized spacial score (nSPS) is 12.6. The Kier molecular flexibility index (Phi) is 5.49. The van der Waals surface area contributed by atoms with Gasteiger partial charge in [-0.1, -0.05) is 19.1 Å².